The van der Waals surface area contributed by atoms with E-state index in [1.54, 1.807) is 6.20 Å². The van der Waals surface area contributed by atoms with Gasteiger partial charge >= 0.3 is 5.16 Å². The quantitative estimate of drug-likeness (QED) is 0.210. The van der Waals surface area contributed by atoms with Crippen molar-refractivity contribution in [2.24, 2.45) is 0 Å². The van der Waals surface area contributed by atoms with Gasteiger partial charge < -0.3 is 15.2 Å². The molecular weight excluding hydrogens is 414 g/mol. The van der Waals surface area contributed by atoms with Gasteiger partial charge in [-0.2, -0.15) is 9.67 Å². The normalized spacial score (nSPS) is 11.9. The Hall–Kier alpha value is -3.43. The van der Waals surface area contributed by atoms with Crippen molar-refractivity contribution in [1.29, 1.82) is 0 Å². The predicted molar refractivity (Wildman–Crippen MR) is 117 cm³/mol. The number of aliphatic hydroxyl groups is 1. The molecule has 9 heteroatoms. The van der Waals surface area contributed by atoms with Crippen LogP contribution < -0.4 is 14.6 Å². The van der Waals surface area contributed by atoms with Crippen LogP contribution in [0.2, 0.25) is 0 Å². The maximum absolute atomic E-state index is 12.3. The van der Waals surface area contributed by atoms with Crippen LogP contribution >= 0.6 is 11.8 Å². The van der Waals surface area contributed by atoms with Crippen LogP contribution in [0, 0.1) is 0 Å². The molecule has 1 unspecified atom stereocenters. The van der Waals surface area contributed by atoms with Gasteiger partial charge in [0.25, 0.3) is 5.65 Å². The molecule has 31 heavy (non-hydrogen) atoms. The van der Waals surface area contributed by atoms with Gasteiger partial charge in [0, 0.05) is 6.54 Å². The fourth-order valence-corrected chi connectivity index (χ4v) is 3.69. The first kappa shape index (κ1) is 20.8. The second-order valence-corrected chi connectivity index (χ2v) is 7.72. The van der Waals surface area contributed by atoms with Crippen LogP contribution in [0.15, 0.2) is 78.2 Å². The monoisotopic (exact) mass is 436 g/mol. The van der Waals surface area contributed by atoms with Crippen molar-refractivity contribution >= 4 is 28.7 Å². The Morgan fingerprint density at radius 2 is 1.90 bits per heavy atom. The Bertz CT molecular complexity index is 1140. The number of para-hydroxylation sites is 2. The molecule has 0 radical (unpaired) electrons. The molecule has 2 aromatic carbocycles. The first-order chi connectivity index (χ1) is 15.2. The van der Waals surface area contributed by atoms with Crippen molar-refractivity contribution in [1.82, 2.24) is 20.5 Å². The first-order valence-corrected chi connectivity index (χ1v) is 10.7. The topological polar surface area (TPSA) is 104 Å². The number of nitrogens with zero attached hydrogens (tertiary/aromatic N) is 3. The molecule has 0 spiro atoms. The molecule has 0 aliphatic rings. The molecule has 1 atom stereocenters. The van der Waals surface area contributed by atoms with E-state index in [-0.39, 0.29) is 24.8 Å². The molecule has 1 amide bonds. The number of aromatic amines is 1. The van der Waals surface area contributed by atoms with Crippen LogP contribution in [0.5, 0.6) is 5.75 Å². The van der Waals surface area contributed by atoms with Crippen molar-refractivity contribution in [3.05, 3.63) is 73.1 Å². The second-order valence-electron chi connectivity index (χ2n) is 6.77. The number of H-pyrrole nitrogens is 1. The summed E-state index contributed by atoms with van der Waals surface area (Å²) in [6.45, 7) is 0.210. The average Bonchev–Trinajstić information content (AvgIpc) is 3.28. The van der Waals surface area contributed by atoms with Gasteiger partial charge in [-0.1, -0.05) is 36.4 Å². The van der Waals surface area contributed by atoms with Crippen LogP contribution in [0.3, 0.4) is 0 Å². The number of amides is 1. The minimum absolute atomic E-state index is 0.101. The lowest BCUT2D eigenvalue weighted by atomic mass is 10.3. The minimum Gasteiger partial charge on any atom is -0.491 e. The summed E-state index contributed by atoms with van der Waals surface area (Å²) in [5.74, 6) is 0.634. The van der Waals surface area contributed by atoms with Crippen molar-refractivity contribution in [3.8, 4) is 11.4 Å². The molecule has 3 N–H and O–H groups in total. The smallest absolute Gasteiger partial charge is 0.367 e. The molecule has 0 bridgehead atoms. The maximum atomic E-state index is 12.3. The standard InChI is InChI=1S/C22H21N5O3S/c28-18(14-30-19-9-5-2-6-10-19)12-23-20(29)15-31-22-25-21-16(11-24-26-21)13-27(22)17-7-3-1-4-8-17/h1-11,13,18,28H,12,14-15H2,(H,23,29)/p+1. The third kappa shape index (κ3) is 5.59. The lowest BCUT2D eigenvalue weighted by Gasteiger charge is -2.13. The summed E-state index contributed by atoms with van der Waals surface area (Å²) in [6.07, 6.45) is 2.84. The molecule has 158 valence electrons. The van der Waals surface area contributed by atoms with Gasteiger partial charge in [0.15, 0.2) is 0 Å². The summed E-state index contributed by atoms with van der Waals surface area (Å²) in [4.78, 5) is 16.9. The number of rotatable bonds is 9. The number of aliphatic hydroxyl groups excluding tert-OH is 1. The Kier molecular flexibility index (Phi) is 6.75. The van der Waals surface area contributed by atoms with E-state index in [1.807, 2.05) is 71.4 Å². The fraction of sp³-hybridized carbons (Fsp3) is 0.182. The first-order valence-electron chi connectivity index (χ1n) is 9.75. The van der Waals surface area contributed by atoms with Crippen molar-refractivity contribution in [3.63, 3.8) is 0 Å². The Morgan fingerprint density at radius 3 is 2.68 bits per heavy atom. The van der Waals surface area contributed by atoms with Crippen molar-refractivity contribution in [2.75, 3.05) is 18.9 Å². The van der Waals surface area contributed by atoms with Crippen LogP contribution in [0.1, 0.15) is 0 Å². The molecule has 4 aromatic rings. The van der Waals surface area contributed by atoms with Crippen LogP contribution in [-0.2, 0) is 4.79 Å². The Morgan fingerprint density at radius 1 is 1.16 bits per heavy atom. The molecule has 0 aliphatic heterocycles. The highest BCUT2D eigenvalue weighted by molar-refractivity contribution is 7.99. The van der Waals surface area contributed by atoms with Crippen LogP contribution in [0.25, 0.3) is 16.7 Å². The van der Waals surface area contributed by atoms with E-state index in [0.29, 0.717) is 16.6 Å². The van der Waals surface area contributed by atoms with Crippen molar-refractivity contribution in [2.45, 2.75) is 11.3 Å². The predicted octanol–water partition coefficient (Wildman–Crippen LogP) is 1.88. The van der Waals surface area contributed by atoms with Crippen molar-refractivity contribution < 1.29 is 19.2 Å². The molecule has 2 heterocycles. The number of carbonyl (C=O) groups excluding carboxylic acids is 1. The van der Waals surface area contributed by atoms with Gasteiger partial charge in [-0.15, -0.1) is 0 Å². The number of thioether (sulfide) groups is 1. The van der Waals surface area contributed by atoms with E-state index in [4.69, 9.17) is 4.74 Å². The zero-order valence-electron chi connectivity index (χ0n) is 16.6. The molecule has 4 rings (SSSR count). The highest BCUT2D eigenvalue weighted by atomic mass is 32.2. The zero-order chi connectivity index (χ0) is 21.5. The molecule has 2 aromatic heterocycles. The van der Waals surface area contributed by atoms with Gasteiger partial charge in [-0.25, -0.2) is 5.10 Å². The van der Waals surface area contributed by atoms with Gasteiger partial charge in [-0.3, -0.25) is 4.79 Å². The van der Waals surface area contributed by atoms with E-state index in [9.17, 15) is 9.90 Å². The third-order valence-electron chi connectivity index (χ3n) is 4.42. The highest BCUT2D eigenvalue weighted by Crippen LogP contribution is 2.16. The number of fused-ring (bicyclic) bond motifs is 1. The minimum atomic E-state index is -0.803. The van der Waals surface area contributed by atoms with E-state index in [0.717, 1.165) is 11.1 Å². The van der Waals surface area contributed by atoms with Gasteiger partial charge in [-0.05, 0) is 41.0 Å². The number of nitrogens with one attached hydrogen (secondary N) is 2. The van der Waals surface area contributed by atoms with E-state index >= 15 is 0 Å². The SMILES string of the molecule is O=C(CSc1nc2[nH]ncc2c[n+]1-c1ccccc1)NCC(O)COc1ccccc1. The van der Waals surface area contributed by atoms with Crippen LogP contribution in [-0.4, -0.2) is 51.2 Å². The maximum Gasteiger partial charge on any atom is 0.367 e. The number of aromatic nitrogens is 4. The molecule has 0 saturated heterocycles. The number of ether oxygens (including phenoxy) is 1. The molecule has 0 fully saturated rings. The summed E-state index contributed by atoms with van der Waals surface area (Å²) >= 11 is 1.31. The van der Waals surface area contributed by atoms with E-state index < -0.39 is 6.10 Å². The average molecular weight is 437 g/mol. The molecule has 0 aliphatic carbocycles. The number of hydrogen-bond acceptors (Lipinski definition) is 6. The number of hydrogen-bond donors (Lipinski definition) is 3. The van der Waals surface area contributed by atoms with Gasteiger partial charge in [0.1, 0.15) is 35.7 Å². The summed E-state index contributed by atoms with van der Waals surface area (Å²) in [5, 5.41) is 21.2. The zero-order valence-corrected chi connectivity index (χ0v) is 17.5. The Balaban J connectivity index is 1.33. The molecule has 8 nitrogen and oxygen atoms in total. The van der Waals surface area contributed by atoms with E-state index in [1.165, 1.54) is 11.8 Å². The van der Waals surface area contributed by atoms with Gasteiger partial charge in [0.2, 0.25) is 5.91 Å². The summed E-state index contributed by atoms with van der Waals surface area (Å²) in [7, 11) is 0. The number of benzene rings is 2. The summed E-state index contributed by atoms with van der Waals surface area (Å²) in [5.41, 5.74) is 1.60. The molecule has 0 saturated carbocycles. The fourth-order valence-electron chi connectivity index (χ4n) is 2.87. The number of carbonyl (C=O) groups is 1. The van der Waals surface area contributed by atoms with Crippen LogP contribution in [0.4, 0.5) is 0 Å². The lowest BCUT2D eigenvalue weighted by molar-refractivity contribution is -0.639. The second kappa shape index (κ2) is 10.1. The third-order valence-corrected chi connectivity index (χ3v) is 5.37. The van der Waals surface area contributed by atoms with Gasteiger partial charge in [0.05, 0.1) is 11.9 Å². The van der Waals surface area contributed by atoms with E-state index in [2.05, 4.69) is 20.5 Å². The summed E-state index contributed by atoms with van der Waals surface area (Å²) < 4.78 is 7.43. The largest absolute Gasteiger partial charge is 0.491 e. The Labute approximate surface area is 183 Å². The highest BCUT2D eigenvalue weighted by Gasteiger charge is 2.20. The molecular formula is C22H22N5O3S+. The lowest BCUT2D eigenvalue weighted by Crippen LogP contribution is -2.37. The summed E-state index contributed by atoms with van der Waals surface area (Å²) in [6, 6.07) is 19.0.